The number of anilines is 1. The van der Waals surface area contributed by atoms with Gasteiger partial charge in [0.2, 0.25) is 0 Å². The topological polar surface area (TPSA) is 66.4 Å². The lowest BCUT2D eigenvalue weighted by molar-refractivity contribution is 0.0696. The third-order valence-electron chi connectivity index (χ3n) is 2.84. The summed E-state index contributed by atoms with van der Waals surface area (Å²) in [5, 5.41) is 11.7. The zero-order valence-electron chi connectivity index (χ0n) is 10.7. The van der Waals surface area contributed by atoms with Crippen LogP contribution in [0.5, 0.6) is 0 Å². The van der Waals surface area contributed by atoms with E-state index in [1.165, 1.54) is 12.1 Å². The second kappa shape index (κ2) is 6.04. The lowest BCUT2D eigenvalue weighted by Gasteiger charge is -2.10. The smallest absolute Gasteiger partial charge is 0.335 e. The molecule has 0 saturated heterocycles. The fraction of sp³-hybridized carbons (Fsp3) is 0.0667. The minimum absolute atomic E-state index is 0.204. The number of carbonyl (C=O) groups is 2. The molecule has 0 aliphatic carbocycles. The average Bonchev–Trinajstić information content (AvgIpc) is 2.41. The van der Waals surface area contributed by atoms with E-state index in [0.717, 1.165) is 3.57 Å². The Balaban J connectivity index is 2.25. The fourth-order valence-corrected chi connectivity index (χ4v) is 2.40. The second-order valence-electron chi connectivity index (χ2n) is 4.27. The lowest BCUT2D eigenvalue weighted by Crippen LogP contribution is -2.14. The van der Waals surface area contributed by atoms with Gasteiger partial charge in [0.05, 0.1) is 11.1 Å². The number of hydrogen-bond acceptors (Lipinski definition) is 2. The largest absolute Gasteiger partial charge is 0.478 e. The molecule has 0 unspecified atom stereocenters. The van der Waals surface area contributed by atoms with Gasteiger partial charge in [0.1, 0.15) is 0 Å². The van der Waals surface area contributed by atoms with Gasteiger partial charge in [-0.25, -0.2) is 4.79 Å². The summed E-state index contributed by atoms with van der Waals surface area (Å²) in [6.07, 6.45) is 0. The number of carbonyl (C=O) groups excluding carboxylic acids is 1. The Morgan fingerprint density at radius 3 is 2.45 bits per heavy atom. The van der Waals surface area contributed by atoms with Gasteiger partial charge in [0.15, 0.2) is 0 Å². The molecule has 0 aromatic heterocycles. The van der Waals surface area contributed by atoms with Crippen LogP contribution >= 0.6 is 22.6 Å². The number of amides is 1. The number of halogens is 1. The quantitative estimate of drug-likeness (QED) is 0.800. The fourth-order valence-electron chi connectivity index (χ4n) is 1.77. The predicted molar refractivity (Wildman–Crippen MR) is 85.3 cm³/mol. The minimum atomic E-state index is -0.983. The van der Waals surface area contributed by atoms with Gasteiger partial charge >= 0.3 is 5.97 Å². The molecule has 20 heavy (non-hydrogen) atoms. The van der Waals surface area contributed by atoms with E-state index in [4.69, 9.17) is 5.11 Å². The summed E-state index contributed by atoms with van der Waals surface area (Å²) in [5.74, 6) is -1.19. The molecule has 5 heteroatoms. The van der Waals surface area contributed by atoms with Crippen LogP contribution in [0.1, 0.15) is 26.3 Å². The monoisotopic (exact) mass is 381 g/mol. The number of rotatable bonds is 3. The van der Waals surface area contributed by atoms with Gasteiger partial charge in [-0.1, -0.05) is 12.1 Å². The summed E-state index contributed by atoms with van der Waals surface area (Å²) in [6.45, 7) is 1.76. The Labute approximate surface area is 130 Å². The summed E-state index contributed by atoms with van der Waals surface area (Å²) < 4.78 is 0.863. The summed E-state index contributed by atoms with van der Waals surface area (Å²) in [7, 11) is 0. The van der Waals surface area contributed by atoms with E-state index in [9.17, 15) is 9.59 Å². The van der Waals surface area contributed by atoms with Crippen molar-refractivity contribution < 1.29 is 14.7 Å². The van der Waals surface area contributed by atoms with Crippen LogP contribution in [0.25, 0.3) is 0 Å². The van der Waals surface area contributed by atoms with Crippen LogP contribution in [0.4, 0.5) is 5.69 Å². The van der Waals surface area contributed by atoms with Crippen molar-refractivity contribution in [2.24, 2.45) is 0 Å². The number of benzene rings is 2. The highest BCUT2D eigenvalue weighted by Crippen LogP contribution is 2.19. The first-order chi connectivity index (χ1) is 9.49. The highest BCUT2D eigenvalue weighted by Gasteiger charge is 2.12. The van der Waals surface area contributed by atoms with Gasteiger partial charge in [-0.2, -0.15) is 0 Å². The van der Waals surface area contributed by atoms with Gasteiger partial charge < -0.3 is 10.4 Å². The SMILES string of the molecule is Cc1cc(C(=O)O)ccc1NC(=O)c1ccccc1I. The van der Waals surface area contributed by atoms with Gasteiger partial charge in [-0.15, -0.1) is 0 Å². The van der Waals surface area contributed by atoms with Crippen molar-refractivity contribution in [1.29, 1.82) is 0 Å². The van der Waals surface area contributed by atoms with Crippen LogP contribution in [-0.4, -0.2) is 17.0 Å². The van der Waals surface area contributed by atoms with Crippen LogP contribution in [0.3, 0.4) is 0 Å². The van der Waals surface area contributed by atoms with E-state index in [0.29, 0.717) is 16.8 Å². The first-order valence-electron chi connectivity index (χ1n) is 5.89. The Hall–Kier alpha value is -1.89. The molecule has 0 radical (unpaired) electrons. The molecule has 1 amide bonds. The molecule has 4 nitrogen and oxygen atoms in total. The van der Waals surface area contributed by atoms with E-state index in [1.807, 2.05) is 12.1 Å². The lowest BCUT2D eigenvalue weighted by atomic mass is 10.1. The number of hydrogen-bond donors (Lipinski definition) is 2. The van der Waals surface area contributed by atoms with Crippen molar-refractivity contribution in [1.82, 2.24) is 0 Å². The second-order valence-corrected chi connectivity index (χ2v) is 5.43. The van der Waals surface area contributed by atoms with Crippen LogP contribution in [0, 0.1) is 10.5 Å². The number of carboxylic acids is 1. The molecule has 0 spiro atoms. The van der Waals surface area contributed by atoms with Gasteiger partial charge in [0, 0.05) is 9.26 Å². The van der Waals surface area contributed by atoms with Crippen molar-refractivity contribution in [3.63, 3.8) is 0 Å². The van der Waals surface area contributed by atoms with Gasteiger partial charge in [-0.05, 0) is 65.4 Å². The van der Waals surface area contributed by atoms with E-state index >= 15 is 0 Å². The Morgan fingerprint density at radius 2 is 1.85 bits per heavy atom. The van der Waals surface area contributed by atoms with Crippen molar-refractivity contribution >= 4 is 40.2 Å². The maximum atomic E-state index is 12.2. The van der Waals surface area contributed by atoms with E-state index < -0.39 is 5.97 Å². The zero-order chi connectivity index (χ0) is 14.7. The normalized spacial score (nSPS) is 10.1. The molecule has 0 fully saturated rings. The molecule has 102 valence electrons. The van der Waals surface area contributed by atoms with Crippen molar-refractivity contribution in [3.05, 3.63) is 62.7 Å². The third-order valence-corrected chi connectivity index (χ3v) is 3.78. The molecule has 0 aliphatic heterocycles. The molecule has 2 N–H and O–H groups in total. The van der Waals surface area contributed by atoms with Crippen molar-refractivity contribution in [3.8, 4) is 0 Å². The molecular formula is C15H12INO3. The van der Waals surface area contributed by atoms with Crippen molar-refractivity contribution in [2.45, 2.75) is 6.92 Å². The van der Waals surface area contributed by atoms with Crippen LogP contribution in [0.2, 0.25) is 0 Å². The number of aryl methyl sites for hydroxylation is 1. The van der Waals surface area contributed by atoms with E-state index in [2.05, 4.69) is 27.9 Å². The highest BCUT2D eigenvalue weighted by atomic mass is 127. The molecule has 0 atom stereocenters. The van der Waals surface area contributed by atoms with Gasteiger partial charge in [0.25, 0.3) is 5.91 Å². The molecule has 0 heterocycles. The molecule has 2 rings (SSSR count). The van der Waals surface area contributed by atoms with E-state index in [-0.39, 0.29) is 11.5 Å². The third kappa shape index (κ3) is 3.16. The first kappa shape index (κ1) is 14.5. The standard InChI is InChI=1S/C15H12INO3/c1-9-8-10(15(19)20)6-7-13(9)17-14(18)11-4-2-3-5-12(11)16/h2-8H,1H3,(H,17,18)(H,19,20). The predicted octanol–water partition coefficient (Wildman–Crippen LogP) is 3.55. The molecular weight excluding hydrogens is 369 g/mol. The maximum Gasteiger partial charge on any atom is 0.335 e. The number of nitrogens with one attached hydrogen (secondary N) is 1. The molecule has 0 bridgehead atoms. The molecule has 0 saturated carbocycles. The zero-order valence-corrected chi connectivity index (χ0v) is 12.8. The summed E-state index contributed by atoms with van der Waals surface area (Å²) in [6, 6.07) is 11.9. The Bertz CT molecular complexity index is 683. The van der Waals surface area contributed by atoms with E-state index in [1.54, 1.807) is 25.1 Å². The van der Waals surface area contributed by atoms with Crippen molar-refractivity contribution in [2.75, 3.05) is 5.32 Å². The number of carboxylic acid groups (broad SMARTS) is 1. The molecule has 0 aliphatic rings. The average molecular weight is 381 g/mol. The number of aromatic carboxylic acids is 1. The summed E-state index contributed by atoms with van der Waals surface area (Å²) >= 11 is 2.10. The van der Waals surface area contributed by atoms with Crippen LogP contribution < -0.4 is 5.32 Å². The Kier molecular flexibility index (Phi) is 4.39. The first-order valence-corrected chi connectivity index (χ1v) is 6.96. The van der Waals surface area contributed by atoms with Gasteiger partial charge in [-0.3, -0.25) is 4.79 Å². The molecule has 2 aromatic carbocycles. The highest BCUT2D eigenvalue weighted by molar-refractivity contribution is 14.1. The Morgan fingerprint density at radius 1 is 1.15 bits per heavy atom. The van der Waals surface area contributed by atoms with Crippen LogP contribution in [0.15, 0.2) is 42.5 Å². The molecule has 2 aromatic rings. The summed E-state index contributed by atoms with van der Waals surface area (Å²) in [5.41, 5.74) is 2.12. The summed E-state index contributed by atoms with van der Waals surface area (Å²) in [4.78, 5) is 23.0. The minimum Gasteiger partial charge on any atom is -0.478 e. The maximum absolute atomic E-state index is 12.2. The van der Waals surface area contributed by atoms with Crippen LogP contribution in [-0.2, 0) is 0 Å².